The lowest BCUT2D eigenvalue weighted by Crippen LogP contribution is -2.19. The van der Waals surface area contributed by atoms with Crippen molar-refractivity contribution in [2.45, 2.75) is 19.6 Å². The van der Waals surface area contributed by atoms with E-state index in [4.69, 9.17) is 38.5 Å². The summed E-state index contributed by atoms with van der Waals surface area (Å²) >= 11 is 0. The Morgan fingerprint density at radius 2 is 1.62 bits per heavy atom. The van der Waals surface area contributed by atoms with Crippen molar-refractivity contribution in [3.63, 3.8) is 0 Å². The van der Waals surface area contributed by atoms with Gasteiger partial charge in [0.15, 0.2) is 40.8 Å². The Morgan fingerprint density at radius 1 is 0.973 bits per heavy atom. The maximum absolute atomic E-state index is 14.1. The molecule has 0 spiro atoms. The molecule has 0 saturated carbocycles. The average molecular weight is 527 g/mol. The molecule has 14 heteroatoms. The fourth-order valence-corrected chi connectivity index (χ4v) is 5.37. The molecule has 2 aliphatic heterocycles. The summed E-state index contributed by atoms with van der Waals surface area (Å²) in [5.41, 5.74) is 6.93. The summed E-state index contributed by atoms with van der Waals surface area (Å²) in [6, 6.07) is 10.1. The van der Waals surface area contributed by atoms with Crippen LogP contribution in [0.3, 0.4) is 0 Å². The number of hydrogen-bond donors (Lipinski definition) is 1. The quantitative estimate of drug-likeness (QED) is 0.317. The van der Waals surface area contributed by atoms with Gasteiger partial charge >= 0.3 is 7.60 Å². The van der Waals surface area contributed by atoms with Crippen LogP contribution in [0.5, 0.6) is 34.5 Å². The van der Waals surface area contributed by atoms with E-state index in [0.717, 1.165) is 0 Å². The van der Waals surface area contributed by atoms with Crippen molar-refractivity contribution in [3.8, 4) is 34.5 Å². The van der Waals surface area contributed by atoms with E-state index in [9.17, 15) is 4.57 Å². The third-order valence-corrected chi connectivity index (χ3v) is 7.01. The van der Waals surface area contributed by atoms with Gasteiger partial charge in [-0.25, -0.2) is 19.5 Å². The summed E-state index contributed by atoms with van der Waals surface area (Å²) in [5, 5.41) is 0. The van der Waals surface area contributed by atoms with Crippen molar-refractivity contribution in [1.29, 1.82) is 0 Å². The van der Waals surface area contributed by atoms with Crippen molar-refractivity contribution in [1.82, 2.24) is 19.5 Å². The number of fused-ring (bicyclic) bond motifs is 3. The molecule has 4 heterocycles. The molecule has 192 valence electrons. The van der Waals surface area contributed by atoms with Gasteiger partial charge in [-0.05, 0) is 31.2 Å². The maximum atomic E-state index is 14.1. The zero-order chi connectivity index (χ0) is 25.4. The number of aromatic nitrogens is 4. The lowest BCUT2D eigenvalue weighted by molar-refractivity contribution is 0.0778. The molecule has 4 aromatic rings. The van der Waals surface area contributed by atoms with E-state index in [0.29, 0.717) is 40.7 Å². The lowest BCUT2D eigenvalue weighted by atomic mass is 10.3. The van der Waals surface area contributed by atoms with Crippen LogP contribution in [-0.2, 0) is 15.8 Å². The molecule has 0 unspecified atom stereocenters. The zero-order valence-corrected chi connectivity index (χ0v) is 20.5. The Kier molecular flexibility index (Phi) is 5.85. The smallest absolute Gasteiger partial charge is 0.453 e. The number of nitrogens with two attached hydrogens (primary N) is 1. The summed E-state index contributed by atoms with van der Waals surface area (Å²) in [5.74, 6) is 2.30. The first-order chi connectivity index (χ1) is 18.0. The molecule has 2 aromatic heterocycles. The van der Waals surface area contributed by atoms with Crippen LogP contribution >= 0.6 is 7.60 Å². The van der Waals surface area contributed by atoms with E-state index in [-0.39, 0.29) is 37.3 Å². The summed E-state index contributed by atoms with van der Waals surface area (Å²) in [6.45, 7) is 2.22. The van der Waals surface area contributed by atoms with Gasteiger partial charge in [0.2, 0.25) is 25.1 Å². The number of nitrogen functional groups attached to an aromatic ring is 1. The molecule has 0 amide bonds. The topological polar surface area (TPSA) is 151 Å². The van der Waals surface area contributed by atoms with Crippen molar-refractivity contribution in [2.24, 2.45) is 0 Å². The molecular formula is C23H22N5O8P. The number of rotatable bonds is 9. The van der Waals surface area contributed by atoms with Gasteiger partial charge in [-0.2, -0.15) is 0 Å². The van der Waals surface area contributed by atoms with Crippen LogP contribution in [0.25, 0.3) is 11.2 Å². The van der Waals surface area contributed by atoms with Crippen molar-refractivity contribution < 1.29 is 37.3 Å². The highest BCUT2D eigenvalue weighted by Gasteiger charge is 2.35. The van der Waals surface area contributed by atoms with Gasteiger partial charge in [-0.15, -0.1) is 0 Å². The van der Waals surface area contributed by atoms with Crippen LogP contribution in [0, 0.1) is 0 Å². The van der Waals surface area contributed by atoms with Gasteiger partial charge in [0.1, 0.15) is 11.8 Å². The first-order valence-corrected chi connectivity index (χ1v) is 13.0. The van der Waals surface area contributed by atoms with Gasteiger partial charge in [-0.3, -0.25) is 0 Å². The third kappa shape index (κ3) is 4.54. The minimum absolute atomic E-state index is 0.0265. The second kappa shape index (κ2) is 9.34. The first kappa shape index (κ1) is 23.2. The van der Waals surface area contributed by atoms with Crippen LogP contribution in [0.15, 0.2) is 49.1 Å². The lowest BCUT2D eigenvalue weighted by Gasteiger charge is -2.23. The van der Waals surface area contributed by atoms with E-state index >= 15 is 0 Å². The normalized spacial score (nSPS) is 14.6. The van der Waals surface area contributed by atoms with Gasteiger partial charge < -0.3 is 43.0 Å². The van der Waals surface area contributed by atoms with E-state index in [1.54, 1.807) is 47.3 Å². The third-order valence-electron chi connectivity index (χ3n) is 5.60. The highest BCUT2D eigenvalue weighted by atomic mass is 31.2. The van der Waals surface area contributed by atoms with Crippen LogP contribution in [-0.4, -0.2) is 45.6 Å². The minimum Gasteiger partial charge on any atom is -0.453 e. The number of benzene rings is 2. The molecule has 6 rings (SSSR count). The fraction of sp³-hybridized carbons (Fsp3) is 0.261. The van der Waals surface area contributed by atoms with Crippen LogP contribution < -0.4 is 33.7 Å². The highest BCUT2D eigenvalue weighted by Crippen LogP contribution is 2.55. The molecule has 2 aromatic carbocycles. The Bertz CT molecular complexity index is 1450. The SMILES string of the molecule is C[C@H](Cn1cnc2c(N)ncnc21)OCP(=O)(Oc1cccc2c1OCO2)Oc1cccc2c1OCO2. The molecule has 2 N–H and O–H groups in total. The van der Waals surface area contributed by atoms with Crippen molar-refractivity contribution in [3.05, 3.63) is 49.1 Å². The number of para-hydroxylation sites is 2. The summed E-state index contributed by atoms with van der Waals surface area (Å²) in [7, 11) is -3.99. The summed E-state index contributed by atoms with van der Waals surface area (Å²) < 4.78 is 55.5. The number of nitrogens with zero attached hydrogens (tertiary/aromatic N) is 4. The molecule has 37 heavy (non-hydrogen) atoms. The monoisotopic (exact) mass is 527 g/mol. The minimum atomic E-state index is -3.99. The fourth-order valence-electron chi connectivity index (χ4n) is 3.90. The number of imidazole rings is 1. The molecule has 13 nitrogen and oxygen atoms in total. The molecule has 0 saturated heterocycles. The van der Waals surface area contributed by atoms with E-state index in [1.807, 2.05) is 6.92 Å². The van der Waals surface area contributed by atoms with E-state index < -0.39 is 13.7 Å². The second-order valence-electron chi connectivity index (χ2n) is 8.21. The Hall–Kier alpha value is -4.22. The maximum Gasteiger partial charge on any atom is 0.456 e. The predicted octanol–water partition coefficient (Wildman–Crippen LogP) is 3.58. The number of anilines is 1. The molecular weight excluding hydrogens is 505 g/mol. The molecule has 1 atom stereocenters. The standard InChI is InChI=1S/C23H22N5O8P/c1-14(8-28-10-27-19-22(24)25-9-26-23(19)28)34-13-37(29,35-17-6-2-4-15-20(17)32-11-30-15)36-18-7-3-5-16-21(18)33-12-31-16/h2-7,9-10,14H,8,11-13H2,1H3,(H2,24,25,26)/t14-/m1/s1. The molecule has 0 aliphatic carbocycles. The zero-order valence-electron chi connectivity index (χ0n) is 19.6. The predicted molar refractivity (Wildman–Crippen MR) is 129 cm³/mol. The number of hydrogen-bond acceptors (Lipinski definition) is 12. The van der Waals surface area contributed by atoms with Crippen LogP contribution in [0.1, 0.15) is 6.92 Å². The number of ether oxygens (including phenoxy) is 5. The van der Waals surface area contributed by atoms with Gasteiger partial charge in [0.05, 0.1) is 19.0 Å². The van der Waals surface area contributed by atoms with Crippen LogP contribution in [0.2, 0.25) is 0 Å². The Morgan fingerprint density at radius 3 is 2.27 bits per heavy atom. The molecule has 0 bridgehead atoms. The molecule has 2 aliphatic rings. The Balaban J connectivity index is 1.24. The molecule has 0 radical (unpaired) electrons. The summed E-state index contributed by atoms with van der Waals surface area (Å²) in [4.78, 5) is 12.4. The average Bonchev–Trinajstić information content (AvgIpc) is 3.64. The molecule has 0 fully saturated rings. The van der Waals surface area contributed by atoms with Crippen molar-refractivity contribution in [2.75, 3.05) is 25.7 Å². The second-order valence-corrected chi connectivity index (χ2v) is 10.1. The van der Waals surface area contributed by atoms with Crippen LogP contribution in [0.4, 0.5) is 5.82 Å². The highest BCUT2D eigenvalue weighted by molar-refractivity contribution is 7.54. The van der Waals surface area contributed by atoms with Gasteiger partial charge in [-0.1, -0.05) is 12.1 Å². The van der Waals surface area contributed by atoms with E-state index in [1.165, 1.54) is 6.33 Å². The van der Waals surface area contributed by atoms with Gasteiger partial charge in [0.25, 0.3) is 0 Å². The first-order valence-electron chi connectivity index (χ1n) is 11.3. The summed E-state index contributed by atoms with van der Waals surface area (Å²) in [6.07, 6.45) is 2.15. The van der Waals surface area contributed by atoms with E-state index in [2.05, 4.69) is 15.0 Å². The van der Waals surface area contributed by atoms with Gasteiger partial charge in [0, 0.05) is 0 Å². The Labute approximate surface area is 210 Å². The van der Waals surface area contributed by atoms with Crippen molar-refractivity contribution >= 4 is 24.6 Å². The largest absolute Gasteiger partial charge is 0.456 e.